The van der Waals surface area contributed by atoms with Crippen LogP contribution in [0.5, 0.6) is 5.75 Å². The fourth-order valence-electron chi connectivity index (χ4n) is 5.19. The van der Waals surface area contributed by atoms with Gasteiger partial charge in [-0.1, -0.05) is 86.7 Å². The summed E-state index contributed by atoms with van der Waals surface area (Å²) >= 11 is 15.9. The Hall–Kier alpha value is -4.05. The molecule has 1 amide bonds. The van der Waals surface area contributed by atoms with Crippen LogP contribution in [0, 0.1) is 0 Å². The van der Waals surface area contributed by atoms with E-state index in [0.29, 0.717) is 40.3 Å². The molecule has 2 N–H and O–H groups in total. The van der Waals surface area contributed by atoms with E-state index in [4.69, 9.17) is 48.3 Å². The lowest BCUT2D eigenvalue weighted by atomic mass is 9.81. The van der Waals surface area contributed by atoms with Crippen LogP contribution in [-0.4, -0.2) is 35.7 Å². The summed E-state index contributed by atoms with van der Waals surface area (Å²) in [4.78, 5) is 22.6. The summed E-state index contributed by atoms with van der Waals surface area (Å²) in [7, 11) is 0. The Morgan fingerprint density at radius 3 is 2.48 bits per heavy atom. The molecule has 1 aliphatic heterocycles. The van der Waals surface area contributed by atoms with Crippen LogP contribution >= 0.6 is 39.1 Å². The molecule has 0 radical (unpaired) electrons. The molecule has 46 heavy (non-hydrogen) atoms. The molecule has 0 unspecified atom stereocenters. The molecule has 0 fully saturated rings. The summed E-state index contributed by atoms with van der Waals surface area (Å²) in [6.45, 7) is 0.721. The highest BCUT2D eigenvalue weighted by molar-refractivity contribution is 9.10. The lowest BCUT2D eigenvalue weighted by molar-refractivity contribution is -0.129. The number of nitrogens with one attached hydrogen (secondary N) is 1. The number of hydrogen-bond donors (Lipinski definition) is 2. The first-order valence-corrected chi connectivity index (χ1v) is 16.0. The highest BCUT2D eigenvalue weighted by Crippen LogP contribution is 2.43. The van der Waals surface area contributed by atoms with Crippen molar-refractivity contribution in [3.63, 3.8) is 0 Å². The van der Waals surface area contributed by atoms with Crippen LogP contribution in [0.2, 0.25) is 10.0 Å². The molecular formula is C34H30BrCl2N5O4. The lowest BCUT2D eigenvalue weighted by Crippen LogP contribution is -2.49. The first kappa shape index (κ1) is 33.3. The van der Waals surface area contributed by atoms with Gasteiger partial charge in [0.1, 0.15) is 5.75 Å². The fraction of sp³-hybridized carbons (Fsp3) is 0.235. The maximum atomic E-state index is 14.6. The summed E-state index contributed by atoms with van der Waals surface area (Å²) < 4.78 is 13.2. The minimum absolute atomic E-state index is 0.0430. The lowest BCUT2D eigenvalue weighted by Gasteiger charge is -2.31. The van der Waals surface area contributed by atoms with Crippen molar-refractivity contribution < 1.29 is 19.4 Å². The van der Waals surface area contributed by atoms with E-state index < -0.39 is 11.6 Å². The van der Waals surface area contributed by atoms with E-state index in [9.17, 15) is 4.79 Å². The molecule has 4 aromatic rings. The van der Waals surface area contributed by atoms with Crippen LogP contribution in [0.15, 0.2) is 106 Å². The van der Waals surface area contributed by atoms with Gasteiger partial charge in [-0.15, -0.1) is 0 Å². The van der Waals surface area contributed by atoms with Gasteiger partial charge in [0, 0.05) is 40.9 Å². The van der Waals surface area contributed by atoms with Gasteiger partial charge in [-0.3, -0.25) is 4.79 Å². The Bertz CT molecular complexity index is 1760. The average Bonchev–Trinajstić information content (AvgIpc) is 3.46. The van der Waals surface area contributed by atoms with Gasteiger partial charge < -0.3 is 19.9 Å². The largest absolute Gasteiger partial charge is 0.494 e. The first-order chi connectivity index (χ1) is 22.3. The topological polar surface area (TPSA) is 129 Å². The maximum Gasteiger partial charge on any atom is 0.252 e. The molecule has 1 aliphatic rings. The van der Waals surface area contributed by atoms with E-state index in [1.807, 2.05) is 60.7 Å². The normalized spacial score (nSPS) is 17.0. The molecule has 12 heteroatoms. The number of hydrogen-bond acceptors (Lipinski definition) is 6. The highest BCUT2D eigenvalue weighted by atomic mass is 79.9. The first-order valence-electron chi connectivity index (χ1n) is 14.5. The van der Waals surface area contributed by atoms with Crippen molar-refractivity contribution in [1.29, 1.82) is 0 Å². The Labute approximate surface area is 284 Å². The number of aliphatic hydroxyl groups is 1. The van der Waals surface area contributed by atoms with E-state index in [2.05, 4.69) is 31.3 Å². The minimum atomic E-state index is -1.46. The van der Waals surface area contributed by atoms with Crippen molar-refractivity contribution in [1.82, 2.24) is 5.32 Å². The third kappa shape index (κ3) is 7.84. The Morgan fingerprint density at radius 2 is 1.78 bits per heavy atom. The number of amides is 1. The van der Waals surface area contributed by atoms with Crippen molar-refractivity contribution in [3.05, 3.63) is 144 Å². The predicted molar refractivity (Wildman–Crippen MR) is 182 cm³/mol. The molecule has 2 atom stereocenters. The molecule has 9 nitrogen and oxygen atoms in total. The van der Waals surface area contributed by atoms with Crippen molar-refractivity contribution in [2.75, 3.05) is 13.2 Å². The molecule has 1 heterocycles. The molecule has 0 spiro atoms. The number of halogens is 3. The molecular weight excluding hydrogens is 693 g/mol. The zero-order valence-corrected chi connectivity index (χ0v) is 27.7. The number of rotatable bonds is 13. The molecule has 0 saturated carbocycles. The third-order valence-corrected chi connectivity index (χ3v) is 8.79. The van der Waals surface area contributed by atoms with Crippen LogP contribution < -0.4 is 10.1 Å². The zero-order chi connectivity index (χ0) is 32.5. The van der Waals surface area contributed by atoms with Crippen molar-refractivity contribution in [2.45, 2.75) is 37.6 Å². The highest BCUT2D eigenvalue weighted by Gasteiger charge is 2.53. The van der Waals surface area contributed by atoms with Crippen LogP contribution in [0.1, 0.15) is 40.3 Å². The summed E-state index contributed by atoms with van der Waals surface area (Å²) in [5.74, 6) is 0.578. The second-order valence-corrected chi connectivity index (χ2v) is 12.3. The molecule has 236 valence electrons. The van der Waals surface area contributed by atoms with Crippen LogP contribution in [0.3, 0.4) is 0 Å². The number of azide groups is 1. The van der Waals surface area contributed by atoms with Gasteiger partial charge in [-0.25, -0.2) is 4.99 Å². The monoisotopic (exact) mass is 721 g/mol. The zero-order valence-electron chi connectivity index (χ0n) is 24.6. The quantitative estimate of drug-likeness (QED) is 0.0625. The SMILES string of the molecule is [N-]=[N+]=NCc1ccccc1C[C@@]1(C(=O)NCc2ccc(Cl)c(Cl)c2)N=C(c2ccc(OCCCO)cc2)O[C@@H]1c1ccc(Br)cc1. The Kier molecular flexibility index (Phi) is 11.2. The maximum absolute atomic E-state index is 14.6. The fourth-order valence-corrected chi connectivity index (χ4v) is 5.77. The number of nitrogens with zero attached hydrogens (tertiary/aromatic N) is 4. The Morgan fingerprint density at radius 1 is 1.04 bits per heavy atom. The number of aliphatic imine (C=N–C) groups is 1. The molecule has 0 saturated heterocycles. The van der Waals surface area contributed by atoms with Gasteiger partial charge in [-0.05, 0) is 76.3 Å². The second kappa shape index (κ2) is 15.5. The van der Waals surface area contributed by atoms with Gasteiger partial charge >= 0.3 is 0 Å². The Balaban J connectivity index is 1.59. The van der Waals surface area contributed by atoms with E-state index in [1.54, 1.807) is 30.3 Å². The summed E-state index contributed by atoms with van der Waals surface area (Å²) in [5.41, 5.74) is 11.3. The van der Waals surface area contributed by atoms with E-state index >= 15 is 0 Å². The number of carbonyl (C=O) groups excluding carboxylic acids is 1. The van der Waals surface area contributed by atoms with Crippen molar-refractivity contribution in [2.24, 2.45) is 10.1 Å². The van der Waals surface area contributed by atoms with Gasteiger partial charge in [0.05, 0.1) is 23.2 Å². The standard InChI is InChI=1S/C34H30BrCl2N5O4/c35-27-11-7-23(8-12-27)31-34(19-25-4-1-2-5-26(25)21-40-42-38,33(44)39-20-22-6-15-29(36)30(37)18-22)41-32(46-31)24-9-13-28(14-10-24)45-17-3-16-43/h1-2,4-15,18,31,43H,3,16-17,19-21H2,(H,39,44)/t31-,34-/m1/s1. The van der Waals surface area contributed by atoms with E-state index in [-0.39, 0.29) is 32.0 Å². The number of aliphatic hydroxyl groups excluding tert-OH is 1. The third-order valence-electron chi connectivity index (χ3n) is 7.52. The van der Waals surface area contributed by atoms with Gasteiger partial charge in [-0.2, -0.15) is 0 Å². The smallest absolute Gasteiger partial charge is 0.252 e. The van der Waals surface area contributed by atoms with Gasteiger partial charge in [0.2, 0.25) is 5.90 Å². The van der Waals surface area contributed by atoms with E-state index in [0.717, 1.165) is 26.7 Å². The molecule has 0 aliphatic carbocycles. The second-order valence-electron chi connectivity index (χ2n) is 10.6. The average molecular weight is 723 g/mol. The van der Waals surface area contributed by atoms with Gasteiger partial charge in [0.25, 0.3) is 5.91 Å². The summed E-state index contributed by atoms with van der Waals surface area (Å²) in [6.07, 6.45) is -0.130. The van der Waals surface area contributed by atoms with E-state index in [1.165, 1.54) is 0 Å². The number of carbonyl (C=O) groups is 1. The molecule has 0 bridgehead atoms. The number of ether oxygens (including phenoxy) is 2. The minimum Gasteiger partial charge on any atom is -0.494 e. The summed E-state index contributed by atoms with van der Waals surface area (Å²) in [5, 5.41) is 16.7. The molecule has 0 aromatic heterocycles. The van der Waals surface area contributed by atoms with Crippen LogP contribution in [-0.2, 0) is 29.0 Å². The van der Waals surface area contributed by atoms with Crippen molar-refractivity contribution in [3.8, 4) is 5.75 Å². The van der Waals surface area contributed by atoms with Gasteiger partial charge in [0.15, 0.2) is 11.6 Å². The van der Waals surface area contributed by atoms with Crippen LogP contribution in [0.4, 0.5) is 0 Å². The molecule has 5 rings (SSSR count). The predicted octanol–water partition coefficient (Wildman–Crippen LogP) is 8.14. The summed E-state index contributed by atoms with van der Waals surface area (Å²) in [6, 6.07) is 27.5. The molecule has 4 aromatic carbocycles. The number of benzene rings is 4. The van der Waals surface area contributed by atoms with Crippen LogP contribution in [0.25, 0.3) is 10.4 Å². The van der Waals surface area contributed by atoms with Crippen molar-refractivity contribution >= 4 is 50.9 Å².